The van der Waals surface area contributed by atoms with Crippen LogP contribution in [0.2, 0.25) is 5.82 Å². The quantitative estimate of drug-likeness (QED) is 0.638. The highest BCUT2D eigenvalue weighted by Gasteiger charge is 2.31. The van der Waals surface area contributed by atoms with E-state index in [1.54, 1.807) is 6.07 Å². The number of hydrogen-bond acceptors (Lipinski definition) is 1. The van der Waals surface area contributed by atoms with E-state index in [0.29, 0.717) is 0 Å². The molecule has 1 saturated carbocycles. The van der Waals surface area contributed by atoms with Crippen LogP contribution in [-0.2, 0) is 12.7 Å². The maximum absolute atomic E-state index is 12.3. The van der Waals surface area contributed by atoms with Gasteiger partial charge < -0.3 is 4.74 Å². The van der Waals surface area contributed by atoms with Crippen LogP contribution < -0.4 is 4.74 Å². The Bertz CT molecular complexity index is 480. The number of hydrogen-bond donors (Lipinski definition) is 0. The molecule has 1 aromatic carbocycles. The summed E-state index contributed by atoms with van der Waals surface area (Å²) in [5.41, 5.74) is 2.14. The second kappa shape index (κ2) is 8.65. The molecule has 0 aliphatic heterocycles. The van der Waals surface area contributed by atoms with Gasteiger partial charge in [0.15, 0.2) is 0 Å². The van der Waals surface area contributed by atoms with E-state index in [-0.39, 0.29) is 5.75 Å². The lowest BCUT2D eigenvalue weighted by molar-refractivity contribution is -0.274. The number of alkyl halides is 3. The zero-order chi connectivity index (χ0) is 16.7. The van der Waals surface area contributed by atoms with Gasteiger partial charge in [0, 0.05) is 0 Å². The molecule has 0 unspecified atom stereocenters. The SMILES string of the molecule is CCc1cc(OC(F)(F)F)ccc1CBC1CCCCCCC1. The third kappa shape index (κ3) is 6.48. The Balaban J connectivity index is 1.95. The lowest BCUT2D eigenvalue weighted by atomic mass is 9.56. The van der Waals surface area contributed by atoms with Crippen LogP contribution in [-0.4, -0.2) is 13.6 Å². The lowest BCUT2D eigenvalue weighted by Gasteiger charge is -2.19. The van der Waals surface area contributed by atoms with Crippen LogP contribution in [0.5, 0.6) is 5.75 Å². The van der Waals surface area contributed by atoms with Gasteiger partial charge in [-0.2, -0.15) is 0 Å². The molecule has 0 N–H and O–H groups in total. The first-order valence-corrected chi connectivity index (χ1v) is 8.85. The van der Waals surface area contributed by atoms with E-state index in [0.717, 1.165) is 31.4 Å². The molecule has 1 nitrogen and oxygen atoms in total. The van der Waals surface area contributed by atoms with Gasteiger partial charge >= 0.3 is 6.36 Å². The first-order valence-electron chi connectivity index (χ1n) is 8.85. The first-order chi connectivity index (χ1) is 11.0. The standard InChI is InChI=1S/C18H26BF3O/c1-2-14-12-17(23-18(20,21)22)11-10-15(14)13-19-16-8-6-4-3-5-7-9-16/h10-12,16,19H,2-9,13H2,1H3. The van der Waals surface area contributed by atoms with E-state index in [2.05, 4.69) is 4.74 Å². The third-order valence-corrected chi connectivity index (χ3v) is 4.84. The molecule has 1 aromatic rings. The van der Waals surface area contributed by atoms with Gasteiger partial charge in [-0.3, -0.25) is 0 Å². The van der Waals surface area contributed by atoms with Crippen LogP contribution in [0.1, 0.15) is 63.0 Å². The number of halogens is 3. The Kier molecular flexibility index (Phi) is 6.85. The summed E-state index contributed by atoms with van der Waals surface area (Å²) in [5, 5.41) is 0. The van der Waals surface area contributed by atoms with Gasteiger partial charge in [-0.1, -0.05) is 75.6 Å². The van der Waals surface area contributed by atoms with Gasteiger partial charge in [0.05, 0.1) is 0 Å². The molecule has 1 aliphatic carbocycles. The first kappa shape index (κ1) is 18.2. The Hall–Kier alpha value is -1.13. The highest BCUT2D eigenvalue weighted by atomic mass is 19.4. The van der Waals surface area contributed by atoms with Gasteiger partial charge in [-0.15, -0.1) is 13.2 Å². The van der Waals surface area contributed by atoms with E-state index in [9.17, 15) is 13.2 Å². The molecule has 5 heteroatoms. The molecule has 128 valence electrons. The lowest BCUT2D eigenvalue weighted by Crippen LogP contribution is -2.17. The van der Waals surface area contributed by atoms with E-state index in [1.165, 1.54) is 56.6 Å². The zero-order valence-corrected chi connectivity index (χ0v) is 13.9. The number of rotatable bonds is 5. The molecule has 1 aliphatic rings. The van der Waals surface area contributed by atoms with Gasteiger partial charge in [-0.25, -0.2) is 0 Å². The molecule has 0 spiro atoms. The second-order valence-electron chi connectivity index (χ2n) is 6.58. The van der Waals surface area contributed by atoms with Crippen LogP contribution in [0, 0.1) is 0 Å². The number of aryl methyl sites for hydroxylation is 1. The van der Waals surface area contributed by atoms with Crippen molar-refractivity contribution in [2.24, 2.45) is 0 Å². The fourth-order valence-electron chi connectivity index (χ4n) is 3.56. The molecule has 0 saturated heterocycles. The van der Waals surface area contributed by atoms with Gasteiger partial charge in [0.25, 0.3) is 0 Å². The Morgan fingerprint density at radius 1 is 1.04 bits per heavy atom. The van der Waals surface area contributed by atoms with E-state index >= 15 is 0 Å². The summed E-state index contributed by atoms with van der Waals surface area (Å²) in [6.07, 6.45) is 6.38. The Morgan fingerprint density at radius 3 is 2.30 bits per heavy atom. The summed E-state index contributed by atoms with van der Waals surface area (Å²) in [6.45, 7) is 1.98. The van der Waals surface area contributed by atoms with Crippen LogP contribution >= 0.6 is 0 Å². The predicted octanol–water partition coefficient (Wildman–Crippen LogP) is 5.62. The molecule has 2 rings (SSSR count). The maximum atomic E-state index is 12.3. The molecule has 0 amide bonds. The smallest absolute Gasteiger partial charge is 0.406 e. The largest absolute Gasteiger partial charge is 0.573 e. The molecular weight excluding hydrogens is 300 g/mol. The van der Waals surface area contributed by atoms with Crippen molar-refractivity contribution in [3.05, 3.63) is 29.3 Å². The van der Waals surface area contributed by atoms with Crippen molar-refractivity contribution in [2.75, 3.05) is 0 Å². The topological polar surface area (TPSA) is 9.23 Å². The average Bonchev–Trinajstić information content (AvgIpc) is 2.45. The van der Waals surface area contributed by atoms with Crippen LogP contribution in [0.4, 0.5) is 13.2 Å². The molecule has 1 fully saturated rings. The van der Waals surface area contributed by atoms with Crippen molar-refractivity contribution in [2.45, 2.75) is 76.8 Å². The van der Waals surface area contributed by atoms with E-state index in [4.69, 9.17) is 0 Å². The summed E-state index contributed by atoms with van der Waals surface area (Å²) in [5.74, 6) is 0.662. The molecule has 0 radical (unpaired) electrons. The summed E-state index contributed by atoms with van der Waals surface area (Å²) in [6, 6.07) is 4.80. The number of benzene rings is 1. The third-order valence-electron chi connectivity index (χ3n) is 4.84. The van der Waals surface area contributed by atoms with Crippen molar-refractivity contribution < 1.29 is 17.9 Å². The highest BCUT2D eigenvalue weighted by Crippen LogP contribution is 2.29. The average molecular weight is 326 g/mol. The number of ether oxygens (including phenoxy) is 1. The highest BCUT2D eigenvalue weighted by molar-refractivity contribution is 6.37. The van der Waals surface area contributed by atoms with Crippen LogP contribution in [0.3, 0.4) is 0 Å². The Morgan fingerprint density at radius 2 is 1.70 bits per heavy atom. The molecule has 0 atom stereocenters. The van der Waals surface area contributed by atoms with Gasteiger partial charge in [0.2, 0.25) is 0 Å². The fraction of sp³-hybridized carbons (Fsp3) is 0.667. The van der Waals surface area contributed by atoms with Crippen molar-refractivity contribution in [1.82, 2.24) is 0 Å². The predicted molar refractivity (Wildman–Crippen MR) is 89.4 cm³/mol. The van der Waals surface area contributed by atoms with Crippen LogP contribution in [0.15, 0.2) is 18.2 Å². The molecule has 0 aromatic heterocycles. The van der Waals surface area contributed by atoms with Crippen LogP contribution in [0.25, 0.3) is 0 Å². The summed E-state index contributed by atoms with van der Waals surface area (Å²) >= 11 is 0. The van der Waals surface area contributed by atoms with Gasteiger partial charge in [-0.05, 0) is 24.1 Å². The Labute approximate surface area is 137 Å². The summed E-state index contributed by atoms with van der Waals surface area (Å²) < 4.78 is 41.0. The second-order valence-corrected chi connectivity index (χ2v) is 6.58. The van der Waals surface area contributed by atoms with E-state index in [1.807, 2.05) is 13.0 Å². The fourth-order valence-corrected chi connectivity index (χ4v) is 3.56. The monoisotopic (exact) mass is 326 g/mol. The summed E-state index contributed by atoms with van der Waals surface area (Å²) in [4.78, 5) is 0. The maximum Gasteiger partial charge on any atom is 0.573 e. The minimum Gasteiger partial charge on any atom is -0.406 e. The van der Waals surface area contributed by atoms with Crippen molar-refractivity contribution in [3.8, 4) is 5.75 Å². The molecular formula is C18H26BF3O. The summed E-state index contributed by atoms with van der Waals surface area (Å²) in [7, 11) is 1.15. The zero-order valence-electron chi connectivity index (χ0n) is 13.9. The van der Waals surface area contributed by atoms with E-state index < -0.39 is 6.36 Å². The van der Waals surface area contributed by atoms with Crippen molar-refractivity contribution in [3.63, 3.8) is 0 Å². The van der Waals surface area contributed by atoms with Crippen molar-refractivity contribution >= 4 is 7.28 Å². The molecule has 23 heavy (non-hydrogen) atoms. The molecule has 0 heterocycles. The van der Waals surface area contributed by atoms with Gasteiger partial charge in [0.1, 0.15) is 13.0 Å². The normalized spacial score (nSPS) is 17.4. The minimum absolute atomic E-state index is 0.107. The minimum atomic E-state index is -4.62. The molecule has 0 bridgehead atoms. The van der Waals surface area contributed by atoms with Crippen molar-refractivity contribution in [1.29, 1.82) is 0 Å².